The molecule has 2 aromatic rings. The molecule has 11 heteroatoms. The van der Waals surface area contributed by atoms with Crippen molar-refractivity contribution >= 4 is 27.5 Å². The van der Waals surface area contributed by atoms with Gasteiger partial charge < -0.3 is 24.8 Å². The first kappa shape index (κ1) is 25.8. The molecule has 180 valence electrons. The zero-order valence-corrected chi connectivity index (χ0v) is 20.0. The minimum atomic E-state index is -4.06. The summed E-state index contributed by atoms with van der Waals surface area (Å²) in [5.41, 5.74) is -0.0829. The number of hydrogen-bond acceptors (Lipinski definition) is 7. The molecule has 0 bridgehead atoms. The Kier molecular flexibility index (Phi) is 8.92. The van der Waals surface area contributed by atoms with Gasteiger partial charge in [0.15, 0.2) is 11.5 Å². The van der Waals surface area contributed by atoms with E-state index in [1.807, 2.05) is 6.92 Å². The van der Waals surface area contributed by atoms with Crippen molar-refractivity contribution in [3.05, 3.63) is 42.0 Å². The average Bonchev–Trinajstić information content (AvgIpc) is 2.79. The van der Waals surface area contributed by atoms with Gasteiger partial charge in [-0.2, -0.15) is 0 Å². The summed E-state index contributed by atoms with van der Waals surface area (Å²) < 4.78 is 44.3. The number of nitrogens with one attached hydrogen (secondary N) is 3. The Morgan fingerprint density at radius 1 is 1.00 bits per heavy atom. The highest BCUT2D eigenvalue weighted by atomic mass is 32.2. The first-order valence-electron chi connectivity index (χ1n) is 10.3. The van der Waals surface area contributed by atoms with E-state index >= 15 is 0 Å². The number of likely N-dealkylation sites (N-methyl/N-ethyl adjacent to an activating group) is 1. The maximum absolute atomic E-state index is 13.0. The third-order valence-electron chi connectivity index (χ3n) is 4.55. The van der Waals surface area contributed by atoms with Crippen molar-refractivity contribution in [1.82, 2.24) is 10.6 Å². The Morgan fingerprint density at radius 3 is 2.15 bits per heavy atom. The summed E-state index contributed by atoms with van der Waals surface area (Å²) in [5.74, 6) is -0.0727. The molecule has 33 heavy (non-hydrogen) atoms. The van der Waals surface area contributed by atoms with Crippen molar-refractivity contribution in [3.63, 3.8) is 0 Å². The van der Waals surface area contributed by atoms with E-state index in [2.05, 4.69) is 15.4 Å². The lowest BCUT2D eigenvalue weighted by Crippen LogP contribution is -2.44. The summed E-state index contributed by atoms with van der Waals surface area (Å²) in [5, 5.41) is 5.17. The van der Waals surface area contributed by atoms with Crippen LogP contribution in [0.3, 0.4) is 0 Å². The van der Waals surface area contributed by atoms with Crippen LogP contribution in [0.2, 0.25) is 0 Å². The van der Waals surface area contributed by atoms with Crippen LogP contribution < -0.4 is 29.6 Å². The molecule has 10 nitrogen and oxygen atoms in total. The third kappa shape index (κ3) is 6.51. The Balaban J connectivity index is 2.43. The normalized spacial score (nSPS) is 11.8. The van der Waals surface area contributed by atoms with Crippen LogP contribution in [0.15, 0.2) is 41.3 Å². The minimum Gasteiger partial charge on any atom is -0.494 e. The zero-order valence-electron chi connectivity index (χ0n) is 19.2. The van der Waals surface area contributed by atoms with Crippen LogP contribution in [0, 0.1) is 0 Å². The summed E-state index contributed by atoms with van der Waals surface area (Å²) >= 11 is 0. The quantitative estimate of drug-likeness (QED) is 0.450. The van der Waals surface area contributed by atoms with Gasteiger partial charge >= 0.3 is 0 Å². The standard InChI is InChI=1S/C22H29N3O7S/c1-6-23-21(26)14(3)24-22(27)17-12-19(30-4)20(31-5)13-18(17)25-33(28,29)16-10-8-15(9-11-16)32-7-2/h8-14,25H,6-7H2,1-5H3,(H,23,26)(H,24,27). The number of ether oxygens (including phenoxy) is 3. The van der Waals surface area contributed by atoms with Crippen molar-refractivity contribution in [3.8, 4) is 17.2 Å². The molecule has 0 fully saturated rings. The van der Waals surface area contributed by atoms with E-state index in [1.165, 1.54) is 57.5 Å². The second-order valence-corrected chi connectivity index (χ2v) is 8.53. The lowest BCUT2D eigenvalue weighted by Gasteiger charge is -2.18. The van der Waals surface area contributed by atoms with Gasteiger partial charge in [0.1, 0.15) is 11.8 Å². The molecule has 2 rings (SSSR count). The maximum Gasteiger partial charge on any atom is 0.261 e. The predicted octanol–water partition coefficient (Wildman–Crippen LogP) is 2.16. The second kappa shape index (κ2) is 11.4. The summed E-state index contributed by atoms with van der Waals surface area (Å²) in [6.45, 7) is 5.95. The smallest absolute Gasteiger partial charge is 0.261 e. The summed E-state index contributed by atoms with van der Waals surface area (Å²) in [7, 11) is -1.28. The van der Waals surface area contributed by atoms with Gasteiger partial charge in [0.25, 0.3) is 15.9 Å². The van der Waals surface area contributed by atoms with Gasteiger partial charge in [0.2, 0.25) is 5.91 Å². The molecule has 0 spiro atoms. The van der Waals surface area contributed by atoms with Crippen molar-refractivity contribution in [1.29, 1.82) is 0 Å². The first-order valence-corrected chi connectivity index (χ1v) is 11.7. The highest BCUT2D eigenvalue weighted by molar-refractivity contribution is 7.92. The first-order chi connectivity index (χ1) is 15.7. The Morgan fingerprint density at radius 2 is 1.61 bits per heavy atom. The topological polar surface area (TPSA) is 132 Å². The number of amides is 2. The number of carbonyl (C=O) groups excluding carboxylic acids is 2. The van der Waals surface area contributed by atoms with E-state index in [0.717, 1.165) is 0 Å². The summed E-state index contributed by atoms with van der Waals surface area (Å²) in [6.07, 6.45) is 0. The minimum absolute atomic E-state index is 0.0252. The van der Waals surface area contributed by atoms with Crippen LogP contribution >= 0.6 is 0 Å². The molecular formula is C22H29N3O7S. The van der Waals surface area contributed by atoms with Crippen molar-refractivity contribution in [2.75, 3.05) is 32.1 Å². The van der Waals surface area contributed by atoms with Crippen LogP contribution in [-0.2, 0) is 14.8 Å². The van der Waals surface area contributed by atoms with Gasteiger partial charge in [-0.15, -0.1) is 0 Å². The molecule has 0 aliphatic carbocycles. The SMILES string of the molecule is CCNC(=O)C(C)NC(=O)c1cc(OC)c(OC)cc1NS(=O)(=O)c1ccc(OCC)cc1. The van der Waals surface area contributed by atoms with E-state index in [9.17, 15) is 18.0 Å². The molecule has 3 N–H and O–H groups in total. The van der Waals surface area contributed by atoms with E-state index in [0.29, 0.717) is 18.9 Å². The Hall–Kier alpha value is -3.47. The van der Waals surface area contributed by atoms with Gasteiger partial charge in [-0.1, -0.05) is 0 Å². The highest BCUT2D eigenvalue weighted by Crippen LogP contribution is 2.34. The lowest BCUT2D eigenvalue weighted by molar-refractivity contribution is -0.122. The van der Waals surface area contributed by atoms with E-state index in [-0.39, 0.29) is 33.6 Å². The van der Waals surface area contributed by atoms with E-state index in [1.54, 1.807) is 6.92 Å². The van der Waals surface area contributed by atoms with Crippen molar-refractivity contribution in [2.24, 2.45) is 0 Å². The average molecular weight is 480 g/mol. The fourth-order valence-electron chi connectivity index (χ4n) is 2.90. The molecule has 0 radical (unpaired) electrons. The van der Waals surface area contributed by atoms with E-state index in [4.69, 9.17) is 14.2 Å². The van der Waals surface area contributed by atoms with Gasteiger partial charge in [-0.05, 0) is 51.1 Å². The van der Waals surface area contributed by atoms with Crippen LogP contribution in [0.1, 0.15) is 31.1 Å². The van der Waals surface area contributed by atoms with Crippen LogP contribution in [-0.4, -0.2) is 53.6 Å². The molecular weight excluding hydrogens is 450 g/mol. The van der Waals surface area contributed by atoms with Crippen molar-refractivity contribution < 1.29 is 32.2 Å². The predicted molar refractivity (Wildman–Crippen MR) is 124 cm³/mol. The molecule has 0 aromatic heterocycles. The Labute approximate surface area is 193 Å². The van der Waals surface area contributed by atoms with Gasteiger partial charge in [-0.25, -0.2) is 8.42 Å². The van der Waals surface area contributed by atoms with Crippen LogP contribution in [0.5, 0.6) is 17.2 Å². The number of benzene rings is 2. The number of hydrogen-bond donors (Lipinski definition) is 3. The van der Waals surface area contributed by atoms with Gasteiger partial charge in [0.05, 0.1) is 37.0 Å². The molecule has 1 atom stereocenters. The molecule has 0 saturated carbocycles. The number of methoxy groups -OCH3 is 2. The molecule has 0 aliphatic heterocycles. The third-order valence-corrected chi connectivity index (χ3v) is 5.93. The molecule has 0 aliphatic rings. The van der Waals surface area contributed by atoms with Crippen LogP contribution in [0.4, 0.5) is 5.69 Å². The molecule has 0 heterocycles. The number of anilines is 1. The zero-order chi connectivity index (χ0) is 24.6. The number of carbonyl (C=O) groups is 2. The summed E-state index contributed by atoms with van der Waals surface area (Å²) in [6, 6.07) is 7.70. The molecule has 2 aromatic carbocycles. The van der Waals surface area contributed by atoms with Crippen LogP contribution in [0.25, 0.3) is 0 Å². The second-order valence-electron chi connectivity index (χ2n) is 6.85. The lowest BCUT2D eigenvalue weighted by atomic mass is 10.1. The molecule has 1 unspecified atom stereocenters. The monoisotopic (exact) mass is 479 g/mol. The van der Waals surface area contributed by atoms with E-state index < -0.39 is 22.0 Å². The number of rotatable bonds is 11. The largest absolute Gasteiger partial charge is 0.494 e. The maximum atomic E-state index is 13.0. The fourth-order valence-corrected chi connectivity index (χ4v) is 3.97. The molecule has 0 saturated heterocycles. The highest BCUT2D eigenvalue weighted by Gasteiger charge is 2.24. The Bertz CT molecular complexity index is 1090. The summed E-state index contributed by atoms with van der Waals surface area (Å²) in [4.78, 5) is 24.9. The van der Waals surface area contributed by atoms with Gasteiger partial charge in [-0.3, -0.25) is 14.3 Å². The van der Waals surface area contributed by atoms with Crippen molar-refractivity contribution in [2.45, 2.75) is 31.7 Å². The fraction of sp³-hybridized carbons (Fsp3) is 0.364. The number of sulfonamides is 1. The molecule has 2 amide bonds. The van der Waals surface area contributed by atoms with Gasteiger partial charge in [0, 0.05) is 12.6 Å².